The maximum absolute atomic E-state index is 11.7. The molecule has 0 spiro atoms. The maximum atomic E-state index is 11.7. The standard InChI is InChI=1S/C11H12N2O3.ClH/c14-6-8-5-12-9(15)3-1-7-2-4-10(16)13(8)11(7)12;/h2,4,8,14H,1,3,5-6H2;1H/t8-;/m0./s1. The summed E-state index contributed by atoms with van der Waals surface area (Å²) in [4.78, 5) is 25.1. The number of aryl methyl sites for hydroxylation is 1. The zero-order valence-corrected chi connectivity index (χ0v) is 9.94. The lowest BCUT2D eigenvalue weighted by molar-refractivity contribution is -0.118. The molecule has 2 aliphatic heterocycles. The molecule has 1 N–H and O–H groups in total. The van der Waals surface area contributed by atoms with Crippen LogP contribution in [0, 0.1) is 0 Å². The Bertz CT molecular complexity index is 526. The van der Waals surface area contributed by atoms with Crippen molar-refractivity contribution in [2.75, 3.05) is 18.1 Å². The molecule has 5 nitrogen and oxygen atoms in total. The predicted molar refractivity (Wildman–Crippen MR) is 64.7 cm³/mol. The molecule has 6 heteroatoms. The van der Waals surface area contributed by atoms with Gasteiger partial charge in [-0.25, -0.2) is 0 Å². The fourth-order valence-electron chi connectivity index (χ4n) is 2.55. The van der Waals surface area contributed by atoms with Crippen molar-refractivity contribution in [3.8, 4) is 0 Å². The first-order valence-corrected chi connectivity index (χ1v) is 5.38. The van der Waals surface area contributed by atoms with Crippen molar-refractivity contribution in [3.05, 3.63) is 28.0 Å². The Morgan fingerprint density at radius 1 is 1.29 bits per heavy atom. The Hall–Kier alpha value is -1.33. The number of amides is 1. The largest absolute Gasteiger partial charge is 0.394 e. The first-order chi connectivity index (χ1) is 7.72. The van der Waals surface area contributed by atoms with Gasteiger partial charge in [0.1, 0.15) is 5.82 Å². The Kier molecular flexibility index (Phi) is 2.97. The van der Waals surface area contributed by atoms with E-state index in [4.69, 9.17) is 0 Å². The first kappa shape index (κ1) is 12.1. The minimum atomic E-state index is -0.288. The predicted octanol–water partition coefficient (Wildman–Crippen LogP) is 0.0963. The van der Waals surface area contributed by atoms with Crippen molar-refractivity contribution in [2.24, 2.45) is 0 Å². The number of aliphatic hydroxyl groups excluding tert-OH is 1. The molecule has 0 saturated carbocycles. The lowest BCUT2D eigenvalue weighted by Gasteiger charge is -2.23. The third-order valence-electron chi connectivity index (χ3n) is 3.31. The number of hydrogen-bond donors (Lipinski definition) is 1. The summed E-state index contributed by atoms with van der Waals surface area (Å²) in [6, 6.07) is 3.01. The maximum Gasteiger partial charge on any atom is 0.252 e. The van der Waals surface area contributed by atoms with Crippen LogP contribution < -0.4 is 10.5 Å². The molecule has 0 aromatic carbocycles. The van der Waals surface area contributed by atoms with E-state index in [1.54, 1.807) is 15.5 Å². The molecule has 0 bridgehead atoms. The van der Waals surface area contributed by atoms with Crippen LogP contribution in [0.15, 0.2) is 16.9 Å². The molecule has 3 heterocycles. The van der Waals surface area contributed by atoms with E-state index in [0.29, 0.717) is 25.2 Å². The van der Waals surface area contributed by atoms with Gasteiger partial charge in [-0.15, -0.1) is 12.4 Å². The van der Waals surface area contributed by atoms with Crippen molar-refractivity contribution < 1.29 is 9.90 Å². The number of nitrogens with zero attached hydrogens (tertiary/aromatic N) is 2. The molecule has 0 saturated heterocycles. The molecular formula is C11H13ClN2O3. The number of pyridine rings is 1. The Morgan fingerprint density at radius 2 is 2.06 bits per heavy atom. The Labute approximate surface area is 104 Å². The highest BCUT2D eigenvalue weighted by molar-refractivity contribution is 5.96. The third kappa shape index (κ3) is 1.57. The van der Waals surface area contributed by atoms with Gasteiger partial charge in [0.05, 0.1) is 19.2 Å². The van der Waals surface area contributed by atoms with Gasteiger partial charge in [0.25, 0.3) is 5.56 Å². The number of anilines is 1. The molecule has 2 aliphatic rings. The van der Waals surface area contributed by atoms with Crippen LogP contribution in [0.5, 0.6) is 0 Å². The van der Waals surface area contributed by atoms with Gasteiger partial charge < -0.3 is 5.11 Å². The number of carbonyl (C=O) groups excluding carboxylic acids is 1. The number of aromatic nitrogens is 1. The molecule has 0 aliphatic carbocycles. The molecular weight excluding hydrogens is 244 g/mol. The molecule has 1 atom stereocenters. The second kappa shape index (κ2) is 4.16. The molecule has 92 valence electrons. The number of rotatable bonds is 1. The van der Waals surface area contributed by atoms with Gasteiger partial charge in [-0.05, 0) is 18.1 Å². The fourth-order valence-corrected chi connectivity index (χ4v) is 2.55. The molecule has 0 radical (unpaired) electrons. The highest BCUT2D eigenvalue weighted by Crippen LogP contribution is 2.34. The van der Waals surface area contributed by atoms with E-state index >= 15 is 0 Å². The monoisotopic (exact) mass is 256 g/mol. The normalized spacial score (nSPS) is 21.1. The van der Waals surface area contributed by atoms with Crippen LogP contribution in [0.3, 0.4) is 0 Å². The second-order valence-electron chi connectivity index (χ2n) is 4.23. The summed E-state index contributed by atoms with van der Waals surface area (Å²) in [6.07, 6.45) is 1.17. The summed E-state index contributed by atoms with van der Waals surface area (Å²) in [6.45, 7) is 0.307. The smallest absolute Gasteiger partial charge is 0.252 e. The van der Waals surface area contributed by atoms with Crippen LogP contribution in [0.2, 0.25) is 0 Å². The highest BCUT2D eigenvalue weighted by atomic mass is 35.5. The van der Waals surface area contributed by atoms with Crippen LogP contribution in [0.1, 0.15) is 18.0 Å². The molecule has 0 fully saturated rings. The SMILES string of the molecule is Cl.O=C1CCc2ccc(=O)n3c2N1C[C@H]3CO. The van der Waals surface area contributed by atoms with Crippen molar-refractivity contribution in [1.29, 1.82) is 0 Å². The van der Waals surface area contributed by atoms with Crippen LogP contribution >= 0.6 is 12.4 Å². The number of halogens is 1. The molecule has 1 amide bonds. The molecule has 1 aromatic heterocycles. The topological polar surface area (TPSA) is 62.5 Å². The van der Waals surface area contributed by atoms with Crippen LogP contribution in [0.25, 0.3) is 0 Å². The van der Waals surface area contributed by atoms with Gasteiger partial charge in [0, 0.05) is 12.5 Å². The summed E-state index contributed by atoms with van der Waals surface area (Å²) >= 11 is 0. The minimum absolute atomic E-state index is 0. The molecule has 0 unspecified atom stereocenters. The summed E-state index contributed by atoms with van der Waals surface area (Å²) in [5, 5.41) is 9.25. The first-order valence-electron chi connectivity index (χ1n) is 5.38. The average Bonchev–Trinajstić information content (AvgIpc) is 2.68. The Morgan fingerprint density at radius 3 is 2.76 bits per heavy atom. The van der Waals surface area contributed by atoms with Crippen LogP contribution in [-0.4, -0.2) is 28.7 Å². The summed E-state index contributed by atoms with van der Waals surface area (Å²) in [5.74, 6) is 0.741. The minimum Gasteiger partial charge on any atom is -0.394 e. The second-order valence-corrected chi connectivity index (χ2v) is 4.23. The number of carbonyl (C=O) groups is 1. The van der Waals surface area contributed by atoms with Crippen LogP contribution in [0.4, 0.5) is 5.82 Å². The van der Waals surface area contributed by atoms with E-state index in [-0.39, 0.29) is 36.5 Å². The van der Waals surface area contributed by atoms with Gasteiger partial charge in [0.2, 0.25) is 5.91 Å². The van der Waals surface area contributed by atoms with Gasteiger partial charge in [-0.3, -0.25) is 19.1 Å². The summed E-state index contributed by atoms with van der Waals surface area (Å²) in [5.41, 5.74) is 0.880. The van der Waals surface area contributed by atoms with E-state index in [9.17, 15) is 14.7 Å². The summed E-state index contributed by atoms with van der Waals surface area (Å²) in [7, 11) is 0. The van der Waals surface area contributed by atoms with E-state index in [1.807, 2.05) is 0 Å². The molecule has 17 heavy (non-hydrogen) atoms. The van der Waals surface area contributed by atoms with Gasteiger partial charge in [0.15, 0.2) is 0 Å². The van der Waals surface area contributed by atoms with Crippen molar-refractivity contribution in [1.82, 2.24) is 4.57 Å². The lowest BCUT2D eigenvalue weighted by atomic mass is 10.1. The summed E-state index contributed by atoms with van der Waals surface area (Å²) < 4.78 is 1.55. The third-order valence-corrected chi connectivity index (χ3v) is 3.31. The van der Waals surface area contributed by atoms with Gasteiger partial charge in [-0.2, -0.15) is 0 Å². The lowest BCUT2D eigenvalue weighted by Crippen LogP contribution is -2.34. The van der Waals surface area contributed by atoms with E-state index in [0.717, 1.165) is 5.56 Å². The van der Waals surface area contributed by atoms with Crippen molar-refractivity contribution in [3.63, 3.8) is 0 Å². The van der Waals surface area contributed by atoms with Crippen molar-refractivity contribution >= 4 is 24.1 Å². The van der Waals surface area contributed by atoms with E-state index < -0.39 is 0 Å². The highest BCUT2D eigenvalue weighted by Gasteiger charge is 2.36. The molecule has 1 aromatic rings. The zero-order valence-electron chi connectivity index (χ0n) is 9.13. The fraction of sp³-hybridized carbons (Fsp3) is 0.455. The number of aliphatic hydroxyl groups is 1. The Balaban J connectivity index is 0.00000108. The van der Waals surface area contributed by atoms with E-state index in [1.165, 1.54) is 6.07 Å². The van der Waals surface area contributed by atoms with E-state index in [2.05, 4.69) is 0 Å². The van der Waals surface area contributed by atoms with Gasteiger partial charge >= 0.3 is 0 Å². The molecule has 3 rings (SSSR count). The number of hydrogen-bond acceptors (Lipinski definition) is 3. The zero-order chi connectivity index (χ0) is 11.3. The van der Waals surface area contributed by atoms with Crippen LogP contribution in [-0.2, 0) is 11.2 Å². The average molecular weight is 257 g/mol. The quantitative estimate of drug-likeness (QED) is 0.775. The van der Waals surface area contributed by atoms with Crippen molar-refractivity contribution in [2.45, 2.75) is 18.9 Å². The van der Waals surface area contributed by atoms with Gasteiger partial charge in [-0.1, -0.05) is 0 Å².